The molecule has 0 bridgehead atoms. The number of nitrogens with two attached hydrogens (primary N) is 1. The topological polar surface area (TPSA) is 97.8 Å². The molecule has 4 rings (SSSR count). The summed E-state index contributed by atoms with van der Waals surface area (Å²) in [5.74, 6) is -0.460. The maximum absolute atomic E-state index is 13.0. The van der Waals surface area contributed by atoms with Crippen molar-refractivity contribution < 1.29 is 14.6 Å². The van der Waals surface area contributed by atoms with Crippen molar-refractivity contribution >= 4 is 35.4 Å². The van der Waals surface area contributed by atoms with E-state index >= 15 is 0 Å². The van der Waals surface area contributed by atoms with E-state index in [2.05, 4.69) is 10.1 Å². The van der Waals surface area contributed by atoms with Crippen LogP contribution in [0.2, 0.25) is 0 Å². The van der Waals surface area contributed by atoms with Crippen LogP contribution in [0.25, 0.3) is 10.8 Å². The fourth-order valence-electron chi connectivity index (χ4n) is 3.47. The van der Waals surface area contributed by atoms with Crippen molar-refractivity contribution in [2.45, 2.75) is 12.3 Å². The number of carbonyl (C=O) groups excluding carboxylic acids is 1. The molecule has 0 aliphatic carbocycles. The molecule has 0 unspecified atom stereocenters. The van der Waals surface area contributed by atoms with Gasteiger partial charge in [0, 0.05) is 41.8 Å². The van der Waals surface area contributed by atoms with Crippen LogP contribution in [0, 0.1) is 0 Å². The number of fused-ring (bicyclic) bond motifs is 2. The van der Waals surface area contributed by atoms with E-state index in [9.17, 15) is 9.82 Å². The van der Waals surface area contributed by atoms with Crippen LogP contribution in [0.4, 0.5) is 0 Å². The fourth-order valence-corrected chi connectivity index (χ4v) is 3.47. The SMILES string of the molecule is NC[C@@H](C(=O)Cc1ccc2cnccc2c1)c1cccc2c1C=NOB2O. The molecule has 2 heterocycles. The molecular formula is C20H18BN3O3. The van der Waals surface area contributed by atoms with Gasteiger partial charge in [0.1, 0.15) is 5.78 Å². The average molecular weight is 359 g/mol. The number of oxime groups is 1. The second-order valence-electron chi connectivity index (χ2n) is 6.53. The molecule has 3 N–H and O–H groups in total. The molecule has 1 aliphatic heterocycles. The molecule has 1 aliphatic rings. The highest BCUT2D eigenvalue weighted by atomic mass is 16.6. The third-order valence-corrected chi connectivity index (χ3v) is 4.87. The van der Waals surface area contributed by atoms with Gasteiger partial charge in [-0.2, -0.15) is 0 Å². The summed E-state index contributed by atoms with van der Waals surface area (Å²) in [6, 6.07) is 13.2. The Bertz CT molecular complexity index is 1040. The Morgan fingerprint density at radius 3 is 2.96 bits per heavy atom. The normalized spacial score (nSPS) is 13.9. The number of hydrogen-bond donors (Lipinski definition) is 2. The minimum atomic E-state index is -1.13. The Morgan fingerprint density at radius 2 is 2.11 bits per heavy atom. The maximum Gasteiger partial charge on any atom is 0.583 e. The molecule has 6 nitrogen and oxygen atoms in total. The number of benzene rings is 2. The van der Waals surface area contributed by atoms with Crippen molar-refractivity contribution in [3.63, 3.8) is 0 Å². The van der Waals surface area contributed by atoms with Crippen molar-refractivity contribution in [3.8, 4) is 0 Å². The molecule has 2 aromatic carbocycles. The van der Waals surface area contributed by atoms with Gasteiger partial charge in [0.05, 0.1) is 12.1 Å². The van der Waals surface area contributed by atoms with Crippen LogP contribution in [-0.2, 0) is 16.0 Å². The highest BCUT2D eigenvalue weighted by Gasteiger charge is 2.30. The van der Waals surface area contributed by atoms with Gasteiger partial charge in [-0.25, -0.2) is 0 Å². The molecule has 27 heavy (non-hydrogen) atoms. The molecule has 134 valence electrons. The number of pyridine rings is 1. The zero-order valence-electron chi connectivity index (χ0n) is 14.6. The summed E-state index contributed by atoms with van der Waals surface area (Å²) in [4.78, 5) is 17.1. The van der Waals surface area contributed by atoms with E-state index in [-0.39, 0.29) is 18.7 Å². The highest BCUT2D eigenvalue weighted by Crippen LogP contribution is 2.23. The van der Waals surface area contributed by atoms with Crippen LogP contribution in [0.3, 0.4) is 0 Å². The molecule has 1 atom stereocenters. The monoisotopic (exact) mass is 359 g/mol. The lowest BCUT2D eigenvalue weighted by molar-refractivity contribution is -0.119. The van der Waals surface area contributed by atoms with Gasteiger partial charge in [0.15, 0.2) is 0 Å². The summed E-state index contributed by atoms with van der Waals surface area (Å²) in [6.07, 6.45) is 5.34. The summed E-state index contributed by atoms with van der Waals surface area (Å²) < 4.78 is 4.87. The molecule has 0 saturated carbocycles. The van der Waals surface area contributed by atoms with Gasteiger partial charge in [0.2, 0.25) is 0 Å². The first-order valence-electron chi connectivity index (χ1n) is 8.73. The van der Waals surface area contributed by atoms with E-state index in [1.165, 1.54) is 6.21 Å². The second-order valence-corrected chi connectivity index (χ2v) is 6.53. The molecule has 0 fully saturated rings. The van der Waals surface area contributed by atoms with Crippen LogP contribution in [0.5, 0.6) is 0 Å². The fraction of sp³-hybridized carbons (Fsp3) is 0.150. The second kappa shape index (κ2) is 7.30. The molecule has 7 heteroatoms. The predicted molar refractivity (Wildman–Crippen MR) is 105 cm³/mol. The molecule has 0 radical (unpaired) electrons. The minimum Gasteiger partial charge on any atom is -0.427 e. The van der Waals surface area contributed by atoms with Crippen LogP contribution in [0.1, 0.15) is 22.6 Å². The number of aromatic nitrogens is 1. The Hall–Kier alpha value is -3.03. The standard InChI is InChI=1S/C20H18BN3O3/c22-10-17(16-2-1-3-19-18(16)12-24-27-21(19)26)20(25)9-13-4-5-15-11-23-7-6-14(15)8-13/h1-8,11-12,17,26H,9-10,22H2/t17-/m1/s1. The first kappa shape index (κ1) is 17.4. The van der Waals surface area contributed by atoms with E-state index in [4.69, 9.17) is 10.5 Å². The number of carbonyl (C=O) groups is 1. The lowest BCUT2D eigenvalue weighted by Gasteiger charge is -2.21. The van der Waals surface area contributed by atoms with E-state index in [0.717, 1.165) is 21.9 Å². The van der Waals surface area contributed by atoms with Crippen LogP contribution < -0.4 is 11.2 Å². The zero-order valence-corrected chi connectivity index (χ0v) is 14.6. The van der Waals surface area contributed by atoms with Crippen LogP contribution in [0.15, 0.2) is 60.0 Å². The van der Waals surface area contributed by atoms with E-state index < -0.39 is 13.0 Å². The minimum absolute atomic E-state index is 0.0219. The molecular weight excluding hydrogens is 341 g/mol. The third kappa shape index (κ3) is 3.34. The molecule has 0 spiro atoms. The molecule has 0 saturated heterocycles. The van der Waals surface area contributed by atoms with Gasteiger partial charge < -0.3 is 15.5 Å². The van der Waals surface area contributed by atoms with Crippen molar-refractivity contribution in [2.75, 3.05) is 6.54 Å². The first-order chi connectivity index (χ1) is 13.2. The molecule has 1 aromatic heterocycles. The smallest absolute Gasteiger partial charge is 0.427 e. The van der Waals surface area contributed by atoms with Gasteiger partial charge in [-0.1, -0.05) is 36.4 Å². The summed E-state index contributed by atoms with van der Waals surface area (Å²) in [5, 5.41) is 15.8. The van der Waals surface area contributed by atoms with Gasteiger partial charge >= 0.3 is 7.12 Å². The van der Waals surface area contributed by atoms with Crippen LogP contribution >= 0.6 is 0 Å². The third-order valence-electron chi connectivity index (χ3n) is 4.87. The highest BCUT2D eigenvalue weighted by molar-refractivity contribution is 6.62. The van der Waals surface area contributed by atoms with E-state index in [0.29, 0.717) is 11.0 Å². The van der Waals surface area contributed by atoms with E-state index in [1.54, 1.807) is 24.5 Å². The van der Waals surface area contributed by atoms with Gasteiger partial charge in [-0.3, -0.25) is 9.78 Å². The van der Waals surface area contributed by atoms with Crippen molar-refractivity contribution in [3.05, 3.63) is 71.5 Å². The van der Waals surface area contributed by atoms with Crippen molar-refractivity contribution in [2.24, 2.45) is 10.9 Å². The predicted octanol–water partition coefficient (Wildman–Crippen LogP) is 1.14. The first-order valence-corrected chi connectivity index (χ1v) is 8.73. The lowest BCUT2D eigenvalue weighted by Crippen LogP contribution is -2.39. The van der Waals surface area contributed by atoms with Crippen molar-refractivity contribution in [1.29, 1.82) is 0 Å². The Kier molecular flexibility index (Phi) is 4.70. The zero-order chi connectivity index (χ0) is 18.8. The summed E-state index contributed by atoms with van der Waals surface area (Å²) in [7, 11) is -1.13. The summed E-state index contributed by atoms with van der Waals surface area (Å²) in [5.41, 5.74) is 8.93. The quantitative estimate of drug-likeness (QED) is 0.666. The van der Waals surface area contributed by atoms with Crippen LogP contribution in [-0.4, -0.2) is 35.7 Å². The number of hydrogen-bond acceptors (Lipinski definition) is 6. The number of ketones is 1. The average Bonchev–Trinajstić information content (AvgIpc) is 2.69. The lowest BCUT2D eigenvalue weighted by atomic mass is 9.73. The maximum atomic E-state index is 13.0. The Morgan fingerprint density at radius 1 is 1.22 bits per heavy atom. The van der Waals surface area contributed by atoms with E-state index in [1.807, 2.05) is 30.3 Å². The Balaban J connectivity index is 1.64. The molecule has 0 amide bonds. The molecule has 3 aromatic rings. The Labute approximate surface area is 156 Å². The van der Waals surface area contributed by atoms with Gasteiger partial charge in [0.25, 0.3) is 0 Å². The summed E-state index contributed by atoms with van der Waals surface area (Å²) >= 11 is 0. The van der Waals surface area contributed by atoms with Crippen molar-refractivity contribution in [1.82, 2.24) is 4.98 Å². The van der Waals surface area contributed by atoms with Gasteiger partial charge in [-0.05, 0) is 22.6 Å². The summed E-state index contributed by atoms with van der Waals surface area (Å²) in [6.45, 7) is 0.178. The number of Topliss-reactive ketones (excluding diaryl/α,β-unsaturated/α-hetero) is 1. The number of rotatable bonds is 5. The number of nitrogens with zero attached hydrogens (tertiary/aromatic N) is 2. The van der Waals surface area contributed by atoms with Gasteiger partial charge in [-0.15, -0.1) is 5.16 Å². The largest absolute Gasteiger partial charge is 0.583 e.